The molecule has 0 bridgehead atoms. The lowest BCUT2D eigenvalue weighted by Gasteiger charge is -1.99. The van der Waals surface area contributed by atoms with Crippen molar-refractivity contribution >= 4 is 16.8 Å². The number of benzene rings is 1. The molecule has 1 heterocycles. The Morgan fingerprint density at radius 2 is 1.89 bits per heavy atom. The van der Waals surface area contributed by atoms with E-state index in [0.717, 1.165) is 0 Å². The number of halogens is 1. The molecule has 1 aromatic heterocycles. The second kappa shape index (κ2) is 5.14. The number of carboxylic acid groups (broad SMARTS) is 1. The summed E-state index contributed by atoms with van der Waals surface area (Å²) < 4.78 is 29.6. The third kappa shape index (κ3) is 2.84. The molecule has 0 unspecified atom stereocenters. The van der Waals surface area contributed by atoms with Crippen molar-refractivity contribution in [1.82, 2.24) is 0 Å². The van der Waals surface area contributed by atoms with Crippen LogP contribution in [0, 0.1) is 5.82 Å². The van der Waals surface area contributed by atoms with Gasteiger partial charge in [-0.2, -0.15) is 0 Å². The summed E-state index contributed by atoms with van der Waals surface area (Å²) in [6.45, 7) is 0. The summed E-state index contributed by atoms with van der Waals surface area (Å²) in [6.07, 6.45) is 0. The molecular weight excluding hydrogens is 259 g/mol. The van der Waals surface area contributed by atoms with Crippen LogP contribution in [-0.2, 0) is 16.6 Å². The van der Waals surface area contributed by atoms with Gasteiger partial charge in [-0.25, -0.2) is 9.18 Å². The summed E-state index contributed by atoms with van der Waals surface area (Å²) in [5.74, 6) is -1.40. The molecule has 1 aromatic carbocycles. The predicted octanol–water partition coefficient (Wildman–Crippen LogP) is 2.42. The van der Waals surface area contributed by atoms with Gasteiger partial charge in [-0.15, -0.1) is 0 Å². The minimum atomic E-state index is -1.40. The molecule has 0 aliphatic heterocycles. The second-order valence-electron chi connectivity index (χ2n) is 3.51. The largest absolute Gasteiger partial charge is 0.475 e. The van der Waals surface area contributed by atoms with Crippen LogP contribution >= 0.6 is 0 Å². The van der Waals surface area contributed by atoms with Crippen LogP contribution in [0.3, 0.4) is 0 Å². The number of rotatable bonds is 4. The van der Waals surface area contributed by atoms with E-state index in [-0.39, 0.29) is 11.5 Å². The fourth-order valence-corrected chi connectivity index (χ4v) is 2.39. The Morgan fingerprint density at radius 3 is 2.44 bits per heavy atom. The third-order valence-corrected chi connectivity index (χ3v) is 3.57. The minimum Gasteiger partial charge on any atom is -0.475 e. The van der Waals surface area contributed by atoms with E-state index in [0.29, 0.717) is 10.7 Å². The Morgan fingerprint density at radius 1 is 1.22 bits per heavy atom. The number of furan rings is 1. The molecule has 0 radical (unpaired) electrons. The van der Waals surface area contributed by atoms with Crippen molar-refractivity contribution in [3.63, 3.8) is 0 Å². The van der Waals surface area contributed by atoms with E-state index in [1.165, 1.54) is 36.4 Å². The standard InChI is InChI=1S/C12H9FO4S/c13-8-1-4-10(5-2-8)18(16)7-9-3-6-11(17-9)12(14)15/h1-6H,7H2,(H,14,15)/t18-/m1/s1. The summed E-state index contributed by atoms with van der Waals surface area (Å²) in [5.41, 5.74) is 0. The van der Waals surface area contributed by atoms with Gasteiger partial charge in [0.05, 0.1) is 16.6 Å². The quantitative estimate of drug-likeness (QED) is 0.924. The molecule has 94 valence electrons. The first-order chi connectivity index (χ1) is 8.56. The van der Waals surface area contributed by atoms with Crippen molar-refractivity contribution in [2.75, 3.05) is 0 Å². The highest BCUT2D eigenvalue weighted by molar-refractivity contribution is 7.84. The van der Waals surface area contributed by atoms with Crippen LogP contribution in [0.25, 0.3) is 0 Å². The predicted molar refractivity (Wildman–Crippen MR) is 62.2 cm³/mol. The number of carboxylic acids is 1. The van der Waals surface area contributed by atoms with Crippen LogP contribution < -0.4 is 0 Å². The van der Waals surface area contributed by atoms with Crippen molar-refractivity contribution in [3.05, 3.63) is 53.7 Å². The van der Waals surface area contributed by atoms with Crippen LogP contribution in [0.1, 0.15) is 16.3 Å². The fourth-order valence-electron chi connectivity index (χ4n) is 1.37. The van der Waals surface area contributed by atoms with Crippen molar-refractivity contribution in [3.8, 4) is 0 Å². The molecule has 4 nitrogen and oxygen atoms in total. The number of hydrogen-bond donors (Lipinski definition) is 1. The number of carbonyl (C=O) groups is 1. The smallest absolute Gasteiger partial charge is 0.371 e. The maximum atomic E-state index is 12.7. The van der Waals surface area contributed by atoms with Gasteiger partial charge in [0.15, 0.2) is 0 Å². The van der Waals surface area contributed by atoms with Crippen molar-refractivity contribution in [2.24, 2.45) is 0 Å². The van der Waals surface area contributed by atoms with Gasteiger partial charge in [0.1, 0.15) is 11.6 Å². The summed E-state index contributed by atoms with van der Waals surface area (Å²) in [7, 11) is -1.40. The second-order valence-corrected chi connectivity index (χ2v) is 4.97. The Kier molecular flexibility index (Phi) is 3.57. The van der Waals surface area contributed by atoms with Gasteiger partial charge in [0, 0.05) is 4.90 Å². The van der Waals surface area contributed by atoms with Crippen LogP contribution in [0.15, 0.2) is 45.7 Å². The van der Waals surface area contributed by atoms with E-state index in [9.17, 15) is 13.4 Å². The Bertz CT molecular complexity index is 588. The van der Waals surface area contributed by atoms with Gasteiger partial charge in [-0.1, -0.05) is 0 Å². The molecule has 0 fully saturated rings. The Labute approximate surface area is 105 Å². The minimum absolute atomic E-state index is 0.0545. The van der Waals surface area contributed by atoms with E-state index >= 15 is 0 Å². The molecule has 2 aromatic rings. The van der Waals surface area contributed by atoms with Crippen LogP contribution in [0.5, 0.6) is 0 Å². The maximum Gasteiger partial charge on any atom is 0.371 e. The molecule has 0 aliphatic carbocycles. The lowest BCUT2D eigenvalue weighted by atomic mass is 10.4. The molecule has 2 rings (SSSR count). The average molecular weight is 268 g/mol. The van der Waals surface area contributed by atoms with Gasteiger partial charge in [0.25, 0.3) is 0 Å². The fraction of sp³-hybridized carbons (Fsp3) is 0.0833. The van der Waals surface area contributed by atoms with Crippen molar-refractivity contribution < 1.29 is 22.9 Å². The zero-order valence-corrected chi connectivity index (χ0v) is 9.95. The molecule has 1 atom stereocenters. The first-order valence-electron chi connectivity index (χ1n) is 5.02. The van der Waals surface area contributed by atoms with Crippen molar-refractivity contribution in [1.29, 1.82) is 0 Å². The summed E-state index contributed by atoms with van der Waals surface area (Å²) in [5, 5.41) is 8.67. The topological polar surface area (TPSA) is 67.5 Å². The van der Waals surface area contributed by atoms with Gasteiger partial charge in [0.2, 0.25) is 5.76 Å². The molecule has 1 N–H and O–H groups in total. The molecule has 6 heteroatoms. The van der Waals surface area contributed by atoms with E-state index in [2.05, 4.69) is 0 Å². The average Bonchev–Trinajstić information content (AvgIpc) is 2.78. The monoisotopic (exact) mass is 268 g/mol. The molecule has 18 heavy (non-hydrogen) atoms. The molecule has 0 spiro atoms. The lowest BCUT2D eigenvalue weighted by Crippen LogP contribution is -1.96. The summed E-state index contributed by atoms with van der Waals surface area (Å²) in [6, 6.07) is 8.06. The first-order valence-corrected chi connectivity index (χ1v) is 6.34. The summed E-state index contributed by atoms with van der Waals surface area (Å²) >= 11 is 0. The molecule has 0 saturated carbocycles. The van der Waals surface area contributed by atoms with E-state index in [1.807, 2.05) is 0 Å². The molecule has 0 aliphatic rings. The van der Waals surface area contributed by atoms with E-state index in [1.54, 1.807) is 0 Å². The molecule has 0 amide bonds. The first kappa shape index (κ1) is 12.5. The van der Waals surface area contributed by atoms with E-state index in [4.69, 9.17) is 9.52 Å². The van der Waals surface area contributed by atoms with Crippen LogP contribution in [0.2, 0.25) is 0 Å². The number of aromatic carboxylic acids is 1. The lowest BCUT2D eigenvalue weighted by molar-refractivity contribution is 0.0661. The zero-order chi connectivity index (χ0) is 13.1. The highest BCUT2D eigenvalue weighted by Crippen LogP contribution is 2.15. The Hall–Kier alpha value is -1.95. The zero-order valence-electron chi connectivity index (χ0n) is 9.13. The van der Waals surface area contributed by atoms with Crippen molar-refractivity contribution in [2.45, 2.75) is 10.6 Å². The highest BCUT2D eigenvalue weighted by atomic mass is 32.2. The van der Waals surface area contributed by atoms with Crippen LogP contribution in [-0.4, -0.2) is 15.3 Å². The normalized spacial score (nSPS) is 12.3. The van der Waals surface area contributed by atoms with E-state index < -0.39 is 22.6 Å². The Balaban J connectivity index is 2.11. The molecule has 0 saturated heterocycles. The third-order valence-electron chi connectivity index (χ3n) is 2.22. The van der Waals surface area contributed by atoms with Gasteiger partial charge < -0.3 is 9.52 Å². The van der Waals surface area contributed by atoms with Gasteiger partial charge in [-0.05, 0) is 36.4 Å². The maximum absolute atomic E-state index is 12.7. The van der Waals surface area contributed by atoms with Gasteiger partial charge in [-0.3, -0.25) is 4.21 Å². The van der Waals surface area contributed by atoms with Gasteiger partial charge >= 0.3 is 5.97 Å². The number of hydrogen-bond acceptors (Lipinski definition) is 3. The highest BCUT2D eigenvalue weighted by Gasteiger charge is 2.12. The SMILES string of the molecule is O=C(O)c1ccc(C[S@@](=O)c2ccc(F)cc2)o1. The molecular formula is C12H9FO4S. The van der Waals surface area contributed by atoms with Crippen LogP contribution in [0.4, 0.5) is 4.39 Å². The summed E-state index contributed by atoms with van der Waals surface area (Å²) in [4.78, 5) is 11.1.